The molecule has 2 heterocycles. The molecule has 0 aliphatic carbocycles. The zero-order valence-corrected chi connectivity index (χ0v) is 14.2. The van der Waals surface area contributed by atoms with E-state index in [-0.39, 0.29) is 6.03 Å². The van der Waals surface area contributed by atoms with Gasteiger partial charge in [-0.1, -0.05) is 12.0 Å². The molecule has 0 radical (unpaired) electrons. The van der Waals surface area contributed by atoms with Crippen LogP contribution in [-0.2, 0) is 0 Å². The molecule has 3 rings (SSSR count). The number of terminal acetylenes is 1. The van der Waals surface area contributed by atoms with E-state index in [0.717, 1.165) is 0 Å². The third kappa shape index (κ3) is 3.75. The second-order valence-corrected chi connectivity index (χ2v) is 5.87. The molecular weight excluding hydrogens is 330 g/mol. The Balaban J connectivity index is 1.62. The van der Waals surface area contributed by atoms with Gasteiger partial charge in [-0.05, 0) is 30.3 Å². The number of nitrogens with one attached hydrogen (secondary N) is 1. The first kappa shape index (κ1) is 17.3. The van der Waals surface area contributed by atoms with Gasteiger partial charge in [-0.15, -0.1) is 6.42 Å². The highest BCUT2D eigenvalue weighted by Gasteiger charge is 2.24. The number of carbonyl (C=O) groups excluding carboxylic acids is 2. The van der Waals surface area contributed by atoms with Crippen molar-refractivity contribution >= 4 is 23.4 Å². The van der Waals surface area contributed by atoms with Crippen molar-refractivity contribution in [2.24, 2.45) is 5.73 Å². The summed E-state index contributed by atoms with van der Waals surface area (Å²) in [5.74, 6) is 2.59. The fourth-order valence-corrected chi connectivity index (χ4v) is 2.85. The van der Waals surface area contributed by atoms with Crippen LogP contribution in [0, 0.1) is 12.3 Å². The first-order chi connectivity index (χ1) is 12.6. The van der Waals surface area contributed by atoms with E-state index in [0.29, 0.717) is 48.8 Å². The number of nitrogens with zero attached hydrogens (tertiary/aromatic N) is 3. The number of urea groups is 1. The van der Waals surface area contributed by atoms with Crippen molar-refractivity contribution in [2.45, 2.75) is 0 Å². The molecule has 1 saturated heterocycles. The Labute approximate surface area is 151 Å². The maximum Gasteiger partial charge on any atom is 0.321 e. The van der Waals surface area contributed by atoms with Crippen LogP contribution in [0.4, 0.5) is 16.3 Å². The highest BCUT2D eigenvalue weighted by Crippen LogP contribution is 2.19. The highest BCUT2D eigenvalue weighted by molar-refractivity contribution is 5.97. The van der Waals surface area contributed by atoms with Gasteiger partial charge in [-0.2, -0.15) is 0 Å². The topological polar surface area (TPSA) is 91.6 Å². The van der Waals surface area contributed by atoms with Crippen molar-refractivity contribution in [1.82, 2.24) is 9.88 Å². The number of carbonyl (C=O) groups is 2. The van der Waals surface area contributed by atoms with Gasteiger partial charge in [0, 0.05) is 43.6 Å². The third-order valence-corrected chi connectivity index (χ3v) is 4.20. The molecule has 0 bridgehead atoms. The zero-order chi connectivity index (χ0) is 18.5. The van der Waals surface area contributed by atoms with Crippen LogP contribution in [0.15, 0.2) is 42.6 Å². The number of aromatic nitrogens is 1. The second kappa shape index (κ2) is 7.57. The van der Waals surface area contributed by atoms with Crippen molar-refractivity contribution in [3.63, 3.8) is 0 Å². The van der Waals surface area contributed by atoms with Gasteiger partial charge in [0.15, 0.2) is 0 Å². The molecule has 7 nitrogen and oxygen atoms in total. The molecule has 1 aromatic carbocycles. The van der Waals surface area contributed by atoms with Crippen molar-refractivity contribution in [2.75, 3.05) is 36.4 Å². The molecule has 1 fully saturated rings. The Morgan fingerprint density at radius 1 is 1.15 bits per heavy atom. The van der Waals surface area contributed by atoms with Gasteiger partial charge >= 0.3 is 6.03 Å². The lowest BCUT2D eigenvalue weighted by Gasteiger charge is -2.35. The Hall–Kier alpha value is -3.53. The monoisotopic (exact) mass is 349 g/mol. The third-order valence-electron chi connectivity index (χ3n) is 4.20. The largest absolute Gasteiger partial charge is 0.365 e. The van der Waals surface area contributed by atoms with Crippen molar-refractivity contribution in [3.05, 3.63) is 53.7 Å². The van der Waals surface area contributed by atoms with Gasteiger partial charge < -0.3 is 20.9 Å². The van der Waals surface area contributed by atoms with Crippen molar-refractivity contribution < 1.29 is 9.59 Å². The van der Waals surface area contributed by atoms with Crippen LogP contribution in [0.2, 0.25) is 0 Å². The number of hydrogen-bond acceptors (Lipinski definition) is 4. The quantitative estimate of drug-likeness (QED) is 0.822. The molecule has 0 spiro atoms. The number of primary amides is 1. The van der Waals surface area contributed by atoms with Crippen LogP contribution in [0.3, 0.4) is 0 Å². The maximum absolute atomic E-state index is 12.4. The van der Waals surface area contributed by atoms with E-state index in [1.807, 2.05) is 4.90 Å². The lowest BCUT2D eigenvalue weighted by molar-refractivity contribution is 0.1000. The number of benzene rings is 1. The first-order valence-corrected chi connectivity index (χ1v) is 8.21. The minimum Gasteiger partial charge on any atom is -0.365 e. The Morgan fingerprint density at radius 3 is 2.62 bits per heavy atom. The summed E-state index contributed by atoms with van der Waals surface area (Å²) in [6, 6.07) is 10.3. The summed E-state index contributed by atoms with van der Waals surface area (Å²) >= 11 is 0. The van der Waals surface area contributed by atoms with Crippen molar-refractivity contribution in [3.8, 4) is 12.3 Å². The summed E-state index contributed by atoms with van der Waals surface area (Å²) in [5.41, 5.74) is 7.17. The van der Waals surface area contributed by atoms with Crippen LogP contribution in [0.25, 0.3) is 0 Å². The van der Waals surface area contributed by atoms with E-state index in [4.69, 9.17) is 12.2 Å². The molecule has 7 heteroatoms. The fourth-order valence-electron chi connectivity index (χ4n) is 2.85. The average molecular weight is 349 g/mol. The van der Waals surface area contributed by atoms with Gasteiger partial charge in [0.05, 0.1) is 5.56 Å². The number of piperazine rings is 1. The summed E-state index contributed by atoms with van der Waals surface area (Å²) in [6.07, 6.45) is 7.00. The predicted octanol–water partition coefficient (Wildman–Crippen LogP) is 1.52. The van der Waals surface area contributed by atoms with Crippen LogP contribution in [-0.4, -0.2) is 48.0 Å². The van der Waals surface area contributed by atoms with E-state index in [1.54, 1.807) is 47.5 Å². The van der Waals surface area contributed by atoms with Gasteiger partial charge in [-0.3, -0.25) is 4.79 Å². The molecule has 0 unspecified atom stereocenters. The summed E-state index contributed by atoms with van der Waals surface area (Å²) in [6.45, 7) is 2.15. The van der Waals surface area contributed by atoms with E-state index in [1.165, 1.54) is 0 Å². The Bertz CT molecular complexity index is 866. The molecule has 132 valence electrons. The molecule has 2 aromatic rings. The number of rotatable bonds is 3. The standard InChI is InChI=1S/C19H19N5O2/c1-2-14-5-3-6-15(13-14)22-19(26)24-11-9-23(10-12-24)18-16(17(20)25)7-4-8-21-18/h1,3-8,13H,9-12H2,(H2,20,25)(H,22,26). The lowest BCUT2D eigenvalue weighted by atomic mass is 10.2. The molecule has 0 atom stereocenters. The maximum atomic E-state index is 12.4. The Morgan fingerprint density at radius 2 is 1.92 bits per heavy atom. The van der Waals surface area contributed by atoms with E-state index >= 15 is 0 Å². The smallest absolute Gasteiger partial charge is 0.321 e. The lowest BCUT2D eigenvalue weighted by Crippen LogP contribution is -2.50. The second-order valence-electron chi connectivity index (χ2n) is 5.87. The van der Waals surface area contributed by atoms with E-state index in [2.05, 4.69) is 16.2 Å². The summed E-state index contributed by atoms with van der Waals surface area (Å²) in [4.78, 5) is 31.9. The molecule has 1 aromatic heterocycles. The van der Waals surface area contributed by atoms with Gasteiger partial charge in [0.2, 0.25) is 0 Å². The molecule has 3 N–H and O–H groups in total. The van der Waals surface area contributed by atoms with E-state index < -0.39 is 5.91 Å². The van der Waals surface area contributed by atoms with E-state index in [9.17, 15) is 9.59 Å². The van der Waals surface area contributed by atoms with Gasteiger partial charge in [0.1, 0.15) is 5.82 Å². The van der Waals surface area contributed by atoms with Crippen LogP contribution in [0.5, 0.6) is 0 Å². The summed E-state index contributed by atoms with van der Waals surface area (Å²) in [5, 5.41) is 2.85. The molecule has 0 saturated carbocycles. The number of anilines is 2. The van der Waals surface area contributed by atoms with Gasteiger partial charge in [-0.25, -0.2) is 9.78 Å². The summed E-state index contributed by atoms with van der Waals surface area (Å²) in [7, 11) is 0. The highest BCUT2D eigenvalue weighted by atomic mass is 16.2. The summed E-state index contributed by atoms with van der Waals surface area (Å²) < 4.78 is 0. The number of amides is 3. The minimum absolute atomic E-state index is 0.185. The molecule has 26 heavy (non-hydrogen) atoms. The predicted molar refractivity (Wildman–Crippen MR) is 99.9 cm³/mol. The van der Waals surface area contributed by atoms with Crippen molar-refractivity contribution in [1.29, 1.82) is 0 Å². The molecular formula is C19H19N5O2. The Kier molecular flexibility index (Phi) is 5.04. The minimum atomic E-state index is -0.512. The number of nitrogens with two attached hydrogens (primary N) is 1. The SMILES string of the molecule is C#Cc1cccc(NC(=O)N2CCN(c3ncccc3C(N)=O)CC2)c1. The fraction of sp³-hybridized carbons (Fsp3) is 0.211. The number of pyridine rings is 1. The zero-order valence-electron chi connectivity index (χ0n) is 14.2. The first-order valence-electron chi connectivity index (χ1n) is 8.21. The van der Waals surface area contributed by atoms with Crippen LogP contribution in [0.1, 0.15) is 15.9 Å². The molecule has 1 aliphatic heterocycles. The normalized spacial score (nSPS) is 13.8. The molecule has 1 aliphatic rings. The van der Waals surface area contributed by atoms with Gasteiger partial charge in [0.25, 0.3) is 5.91 Å². The van der Waals surface area contributed by atoms with Crippen LogP contribution >= 0.6 is 0 Å². The molecule has 3 amide bonds. The average Bonchev–Trinajstić information content (AvgIpc) is 2.68. The van der Waals surface area contributed by atoms with Crippen LogP contribution < -0.4 is 16.0 Å². The number of hydrogen-bond donors (Lipinski definition) is 2.